The first-order chi connectivity index (χ1) is 16.0. The van der Waals surface area contributed by atoms with Crippen LogP contribution in [0.25, 0.3) is 10.4 Å². The average Bonchev–Trinajstić information content (AvgIpc) is 3.53. The van der Waals surface area contributed by atoms with Gasteiger partial charge in [0.2, 0.25) is 5.91 Å². The number of aromatic nitrogens is 1. The number of methoxy groups -OCH3 is 1. The number of esters is 1. The number of anilines is 1. The molecular formula is C24H23N3O5S. The Bertz CT molecular complexity index is 1130. The highest BCUT2D eigenvalue weighted by atomic mass is 32.1. The molecule has 33 heavy (non-hydrogen) atoms. The molecule has 1 aliphatic rings. The molecule has 1 atom stereocenters. The van der Waals surface area contributed by atoms with E-state index in [4.69, 9.17) is 9.47 Å². The van der Waals surface area contributed by atoms with Crippen LogP contribution in [-0.4, -0.2) is 47.6 Å². The van der Waals surface area contributed by atoms with Crippen LogP contribution in [0.5, 0.6) is 0 Å². The summed E-state index contributed by atoms with van der Waals surface area (Å²) in [5.74, 6) is -0.687. The lowest BCUT2D eigenvalue weighted by atomic mass is 10.1. The second-order valence-corrected chi connectivity index (χ2v) is 8.51. The van der Waals surface area contributed by atoms with Crippen LogP contribution < -0.4 is 5.32 Å². The van der Waals surface area contributed by atoms with E-state index in [0.717, 1.165) is 22.4 Å². The van der Waals surface area contributed by atoms with Crippen LogP contribution >= 0.6 is 11.3 Å². The molecule has 1 fully saturated rings. The molecule has 2 aromatic carbocycles. The number of ether oxygens (including phenoxy) is 2. The van der Waals surface area contributed by atoms with Crippen molar-refractivity contribution >= 4 is 34.4 Å². The Hall–Kier alpha value is -3.72. The number of amides is 2. The lowest BCUT2D eigenvalue weighted by molar-refractivity contribution is -0.120. The van der Waals surface area contributed by atoms with Gasteiger partial charge in [-0.05, 0) is 36.1 Å². The summed E-state index contributed by atoms with van der Waals surface area (Å²) < 4.78 is 10.1. The number of thiazole rings is 1. The van der Waals surface area contributed by atoms with E-state index in [1.165, 1.54) is 23.3 Å². The third kappa shape index (κ3) is 5.38. The topological polar surface area (TPSA) is 97.8 Å². The number of rotatable bonds is 6. The first kappa shape index (κ1) is 22.5. The molecular weight excluding hydrogens is 442 g/mol. The number of carbonyl (C=O) groups excluding carboxylic acids is 3. The van der Waals surface area contributed by atoms with Crippen molar-refractivity contribution in [2.75, 3.05) is 19.0 Å². The number of hydrogen-bond acceptors (Lipinski definition) is 7. The maximum atomic E-state index is 12.9. The fraction of sp³-hybridized carbons (Fsp3) is 0.250. The summed E-state index contributed by atoms with van der Waals surface area (Å²) in [7, 11) is 1.34. The molecule has 0 unspecified atom stereocenters. The molecule has 2 heterocycles. The van der Waals surface area contributed by atoms with Gasteiger partial charge in [0.05, 0.1) is 17.6 Å². The highest BCUT2D eigenvalue weighted by molar-refractivity contribution is 7.19. The van der Waals surface area contributed by atoms with E-state index in [1.54, 1.807) is 30.5 Å². The number of benzene rings is 2. The van der Waals surface area contributed by atoms with Gasteiger partial charge in [-0.15, -0.1) is 0 Å². The van der Waals surface area contributed by atoms with Gasteiger partial charge in [0, 0.05) is 12.7 Å². The van der Waals surface area contributed by atoms with Crippen LogP contribution in [0.2, 0.25) is 0 Å². The zero-order valence-electron chi connectivity index (χ0n) is 18.0. The van der Waals surface area contributed by atoms with Gasteiger partial charge in [0.15, 0.2) is 5.13 Å². The summed E-state index contributed by atoms with van der Waals surface area (Å²) in [6, 6.07) is 15.8. The highest BCUT2D eigenvalue weighted by Gasteiger charge is 2.35. The minimum Gasteiger partial charge on any atom is -0.465 e. The van der Waals surface area contributed by atoms with E-state index in [-0.39, 0.29) is 12.5 Å². The van der Waals surface area contributed by atoms with Crippen LogP contribution in [0.1, 0.15) is 28.8 Å². The summed E-state index contributed by atoms with van der Waals surface area (Å²) >= 11 is 1.32. The first-order valence-corrected chi connectivity index (χ1v) is 11.3. The van der Waals surface area contributed by atoms with Crippen LogP contribution in [0.4, 0.5) is 9.93 Å². The van der Waals surface area contributed by atoms with Crippen LogP contribution in [0.3, 0.4) is 0 Å². The van der Waals surface area contributed by atoms with Crippen molar-refractivity contribution in [1.82, 2.24) is 9.88 Å². The van der Waals surface area contributed by atoms with Crippen molar-refractivity contribution in [1.29, 1.82) is 0 Å². The number of hydrogen-bond donors (Lipinski definition) is 1. The summed E-state index contributed by atoms with van der Waals surface area (Å²) in [6.45, 7) is 0.635. The third-order valence-electron chi connectivity index (χ3n) is 5.32. The lowest BCUT2D eigenvalue weighted by Gasteiger charge is -2.22. The number of nitrogens with zero attached hydrogens (tertiary/aromatic N) is 2. The molecule has 9 heteroatoms. The van der Waals surface area contributed by atoms with E-state index in [9.17, 15) is 14.4 Å². The van der Waals surface area contributed by atoms with E-state index < -0.39 is 18.1 Å². The smallest absolute Gasteiger partial charge is 0.410 e. The average molecular weight is 466 g/mol. The Morgan fingerprint density at radius 2 is 1.88 bits per heavy atom. The number of likely N-dealkylation sites (tertiary alicyclic amines) is 1. The standard InChI is InChI=1S/C24H23N3O5S/c1-31-22(29)18-11-9-17(10-12-18)20-14-25-23(33-20)26-21(28)19-8-5-13-27(19)24(30)32-15-16-6-3-2-4-7-16/h2-4,6-7,9-12,14,19H,5,8,13,15H2,1H3,(H,25,26,28)/t19-/m0/s1. The van der Waals surface area contributed by atoms with E-state index in [1.807, 2.05) is 30.3 Å². The molecule has 1 saturated heterocycles. The fourth-order valence-electron chi connectivity index (χ4n) is 3.60. The Morgan fingerprint density at radius 3 is 2.61 bits per heavy atom. The van der Waals surface area contributed by atoms with Crippen molar-refractivity contribution in [3.05, 3.63) is 71.9 Å². The Kier molecular flexibility index (Phi) is 6.99. The molecule has 0 aliphatic carbocycles. The summed E-state index contributed by atoms with van der Waals surface area (Å²) in [6.07, 6.45) is 2.46. The molecule has 0 saturated carbocycles. The Labute approximate surface area is 195 Å². The summed E-state index contributed by atoms with van der Waals surface area (Å²) in [4.78, 5) is 43.6. The zero-order chi connectivity index (χ0) is 23.2. The van der Waals surface area contributed by atoms with Crippen LogP contribution in [-0.2, 0) is 20.9 Å². The molecule has 170 valence electrons. The maximum Gasteiger partial charge on any atom is 0.410 e. The van der Waals surface area contributed by atoms with Crippen LogP contribution in [0.15, 0.2) is 60.8 Å². The third-order valence-corrected chi connectivity index (χ3v) is 6.28. The molecule has 2 amide bonds. The predicted octanol–water partition coefficient (Wildman–Crippen LogP) is 4.34. The van der Waals surface area contributed by atoms with E-state index >= 15 is 0 Å². The van der Waals surface area contributed by atoms with Crippen molar-refractivity contribution in [2.24, 2.45) is 0 Å². The molecule has 0 radical (unpaired) electrons. The van der Waals surface area contributed by atoms with Gasteiger partial charge in [-0.1, -0.05) is 53.8 Å². The van der Waals surface area contributed by atoms with Gasteiger partial charge in [-0.3, -0.25) is 9.69 Å². The maximum absolute atomic E-state index is 12.9. The minimum atomic E-state index is -0.597. The fourth-order valence-corrected chi connectivity index (χ4v) is 4.43. The van der Waals surface area contributed by atoms with Crippen molar-refractivity contribution in [2.45, 2.75) is 25.5 Å². The number of carbonyl (C=O) groups is 3. The molecule has 1 N–H and O–H groups in total. The largest absolute Gasteiger partial charge is 0.465 e. The molecule has 0 bridgehead atoms. The van der Waals surface area contributed by atoms with E-state index in [0.29, 0.717) is 23.7 Å². The highest BCUT2D eigenvalue weighted by Crippen LogP contribution is 2.30. The molecule has 4 rings (SSSR count). The molecule has 1 aliphatic heterocycles. The molecule has 8 nitrogen and oxygen atoms in total. The Balaban J connectivity index is 1.36. The van der Waals surface area contributed by atoms with Gasteiger partial charge < -0.3 is 14.8 Å². The first-order valence-electron chi connectivity index (χ1n) is 10.5. The van der Waals surface area contributed by atoms with Crippen molar-refractivity contribution in [3.8, 4) is 10.4 Å². The second kappa shape index (κ2) is 10.3. The SMILES string of the molecule is COC(=O)c1ccc(-c2cnc(NC(=O)[C@@H]3CCCN3C(=O)OCc3ccccc3)s2)cc1. The van der Waals surface area contributed by atoms with Gasteiger partial charge in [0.25, 0.3) is 0 Å². The lowest BCUT2D eigenvalue weighted by Crippen LogP contribution is -2.43. The second-order valence-electron chi connectivity index (χ2n) is 7.48. The predicted molar refractivity (Wildman–Crippen MR) is 124 cm³/mol. The van der Waals surface area contributed by atoms with Gasteiger partial charge in [-0.2, -0.15) is 0 Å². The molecule has 1 aromatic heterocycles. The molecule has 3 aromatic rings. The van der Waals surface area contributed by atoms with Gasteiger partial charge in [0.1, 0.15) is 12.6 Å². The monoisotopic (exact) mass is 465 g/mol. The Morgan fingerprint density at radius 1 is 1.12 bits per heavy atom. The zero-order valence-corrected chi connectivity index (χ0v) is 18.8. The van der Waals surface area contributed by atoms with Crippen molar-refractivity contribution < 1.29 is 23.9 Å². The minimum absolute atomic E-state index is 0.162. The van der Waals surface area contributed by atoms with Crippen molar-refractivity contribution in [3.63, 3.8) is 0 Å². The van der Waals surface area contributed by atoms with E-state index in [2.05, 4.69) is 10.3 Å². The molecule has 0 spiro atoms. The van der Waals surface area contributed by atoms with Gasteiger partial charge in [-0.25, -0.2) is 14.6 Å². The normalized spacial score (nSPS) is 15.2. The van der Waals surface area contributed by atoms with Gasteiger partial charge >= 0.3 is 12.1 Å². The van der Waals surface area contributed by atoms with Crippen LogP contribution in [0, 0.1) is 0 Å². The summed E-state index contributed by atoms with van der Waals surface area (Å²) in [5, 5.41) is 3.26. The number of nitrogens with one attached hydrogen (secondary N) is 1. The quantitative estimate of drug-likeness (QED) is 0.544. The summed E-state index contributed by atoms with van der Waals surface area (Å²) in [5.41, 5.74) is 2.22.